The third-order valence-electron chi connectivity index (χ3n) is 3.25. The molecule has 1 aliphatic carbocycles. The molecule has 1 amide bonds. The van der Waals surface area contributed by atoms with Gasteiger partial charge in [-0.25, -0.2) is 13.1 Å². The Kier molecular flexibility index (Phi) is 3.81. The Hall–Kier alpha value is -1.87. The number of nitrogens with two attached hydrogens (primary N) is 1. The molecule has 114 valence electrons. The molecule has 0 heterocycles. The number of benzene rings is 1. The van der Waals surface area contributed by atoms with Crippen molar-refractivity contribution < 1.29 is 18.1 Å². The van der Waals surface area contributed by atoms with Crippen LogP contribution in [-0.2, 0) is 14.8 Å². The van der Waals surface area contributed by atoms with Crippen molar-refractivity contribution in [3.8, 4) is 0 Å². The first-order chi connectivity index (χ1) is 9.63. The average Bonchev–Trinajstić information content (AvgIpc) is 3.04. The van der Waals surface area contributed by atoms with Crippen molar-refractivity contribution in [2.75, 3.05) is 5.73 Å². The molecule has 1 fully saturated rings. The molecule has 2 atom stereocenters. The van der Waals surface area contributed by atoms with Crippen LogP contribution < -0.4 is 10.5 Å². The van der Waals surface area contributed by atoms with E-state index in [2.05, 4.69) is 0 Å². The number of hydrogen-bond acceptors (Lipinski definition) is 6. The van der Waals surface area contributed by atoms with Crippen molar-refractivity contribution in [3.63, 3.8) is 0 Å². The number of sulfonamides is 1. The van der Waals surface area contributed by atoms with E-state index in [-0.39, 0.29) is 22.5 Å². The maximum absolute atomic E-state index is 12.1. The van der Waals surface area contributed by atoms with Gasteiger partial charge in [0.05, 0.1) is 9.95 Å². The molecule has 0 aromatic heterocycles. The van der Waals surface area contributed by atoms with Crippen molar-refractivity contribution in [1.82, 2.24) is 4.72 Å². The van der Waals surface area contributed by atoms with Gasteiger partial charge in [0.25, 0.3) is 15.7 Å². The number of halogens is 1. The molecule has 0 unspecified atom stereocenters. The minimum absolute atomic E-state index is 0.122. The summed E-state index contributed by atoms with van der Waals surface area (Å²) >= 11 is 5.76. The van der Waals surface area contributed by atoms with Gasteiger partial charge >= 0.3 is 0 Å². The number of anilines is 1. The van der Waals surface area contributed by atoms with Crippen LogP contribution in [0.2, 0.25) is 5.02 Å². The Morgan fingerprint density at radius 3 is 2.57 bits per heavy atom. The van der Waals surface area contributed by atoms with Crippen LogP contribution in [0.1, 0.15) is 13.3 Å². The second-order valence-electron chi connectivity index (χ2n) is 4.89. The molecule has 3 N–H and O–H groups in total. The number of nitro benzene ring substituents is 1. The Morgan fingerprint density at radius 1 is 1.52 bits per heavy atom. The van der Waals surface area contributed by atoms with E-state index in [1.165, 1.54) is 0 Å². The molecule has 0 radical (unpaired) electrons. The van der Waals surface area contributed by atoms with E-state index >= 15 is 0 Å². The van der Waals surface area contributed by atoms with Crippen LogP contribution in [0.15, 0.2) is 17.0 Å². The van der Waals surface area contributed by atoms with E-state index in [4.69, 9.17) is 17.3 Å². The molecule has 1 saturated carbocycles. The maximum Gasteiger partial charge on any atom is 0.293 e. The number of nitrogens with one attached hydrogen (secondary N) is 1. The van der Waals surface area contributed by atoms with Crippen LogP contribution in [0.25, 0.3) is 0 Å². The fourth-order valence-electron chi connectivity index (χ4n) is 1.87. The SMILES string of the molecule is C[C@@H]1C[C@H]1C(=O)NS(=O)(=O)c1cc([N+](=O)[O-])c(N)cc1Cl. The first kappa shape index (κ1) is 15.5. The van der Waals surface area contributed by atoms with Crippen LogP contribution >= 0.6 is 11.6 Å². The summed E-state index contributed by atoms with van der Waals surface area (Å²) in [6.45, 7) is 1.82. The zero-order valence-electron chi connectivity index (χ0n) is 10.9. The predicted octanol–water partition coefficient (Wildman–Crippen LogP) is 1.29. The summed E-state index contributed by atoms with van der Waals surface area (Å²) in [6, 6.07) is 1.71. The number of nitrogens with zero attached hydrogens (tertiary/aromatic N) is 1. The normalized spacial score (nSPS) is 20.9. The maximum atomic E-state index is 12.1. The molecule has 1 aliphatic rings. The molecular weight excluding hydrogens is 322 g/mol. The summed E-state index contributed by atoms with van der Waals surface area (Å²) in [5, 5.41) is 10.5. The number of amides is 1. The van der Waals surface area contributed by atoms with E-state index < -0.39 is 31.4 Å². The van der Waals surface area contributed by atoms with E-state index in [1.54, 1.807) is 0 Å². The second kappa shape index (κ2) is 5.15. The average molecular weight is 334 g/mol. The molecule has 21 heavy (non-hydrogen) atoms. The molecule has 0 spiro atoms. The highest BCUT2D eigenvalue weighted by Gasteiger charge is 2.41. The van der Waals surface area contributed by atoms with Gasteiger partial charge in [-0.05, 0) is 18.4 Å². The Balaban J connectivity index is 2.37. The summed E-state index contributed by atoms with van der Waals surface area (Å²) in [6.07, 6.45) is 0.608. The molecule has 1 aromatic carbocycles. The zero-order valence-corrected chi connectivity index (χ0v) is 12.4. The van der Waals surface area contributed by atoms with Gasteiger partial charge in [-0.1, -0.05) is 18.5 Å². The van der Waals surface area contributed by atoms with Crippen LogP contribution in [0, 0.1) is 22.0 Å². The number of rotatable bonds is 4. The Morgan fingerprint density at radius 2 is 2.10 bits per heavy atom. The molecule has 10 heteroatoms. The van der Waals surface area contributed by atoms with Crippen molar-refractivity contribution in [2.24, 2.45) is 11.8 Å². The van der Waals surface area contributed by atoms with Gasteiger partial charge in [0.1, 0.15) is 10.6 Å². The van der Waals surface area contributed by atoms with Crippen molar-refractivity contribution in [3.05, 3.63) is 27.3 Å². The van der Waals surface area contributed by atoms with Crippen LogP contribution in [0.4, 0.5) is 11.4 Å². The minimum atomic E-state index is -4.28. The zero-order chi connectivity index (χ0) is 15.9. The lowest BCUT2D eigenvalue weighted by Crippen LogP contribution is -2.32. The lowest BCUT2D eigenvalue weighted by atomic mass is 10.3. The monoisotopic (exact) mass is 333 g/mol. The van der Waals surface area contributed by atoms with Crippen molar-refractivity contribution in [2.45, 2.75) is 18.2 Å². The highest BCUT2D eigenvalue weighted by molar-refractivity contribution is 7.90. The summed E-state index contributed by atoms with van der Waals surface area (Å²) in [4.78, 5) is 21.1. The first-order valence-electron chi connectivity index (χ1n) is 5.93. The second-order valence-corrected chi connectivity index (χ2v) is 6.95. The largest absolute Gasteiger partial charge is 0.393 e. The third-order valence-corrected chi connectivity index (χ3v) is 5.06. The Bertz CT molecular complexity index is 734. The molecule has 1 aromatic rings. The van der Waals surface area contributed by atoms with Crippen LogP contribution in [0.5, 0.6) is 0 Å². The van der Waals surface area contributed by atoms with Gasteiger partial charge in [0.2, 0.25) is 5.91 Å². The van der Waals surface area contributed by atoms with Gasteiger partial charge in [-0.3, -0.25) is 14.9 Å². The van der Waals surface area contributed by atoms with Gasteiger partial charge in [0, 0.05) is 12.0 Å². The lowest BCUT2D eigenvalue weighted by molar-refractivity contribution is -0.384. The topological polar surface area (TPSA) is 132 Å². The summed E-state index contributed by atoms with van der Waals surface area (Å²) in [7, 11) is -4.28. The summed E-state index contributed by atoms with van der Waals surface area (Å²) in [5.74, 6) is -0.878. The van der Waals surface area contributed by atoms with E-state index in [0.29, 0.717) is 6.42 Å². The smallest absolute Gasteiger partial charge is 0.293 e. The third kappa shape index (κ3) is 3.08. The highest BCUT2D eigenvalue weighted by atomic mass is 35.5. The van der Waals surface area contributed by atoms with Gasteiger partial charge in [-0.15, -0.1) is 0 Å². The van der Waals surface area contributed by atoms with Crippen molar-refractivity contribution >= 4 is 38.9 Å². The number of carbonyl (C=O) groups is 1. The van der Waals surface area contributed by atoms with E-state index in [9.17, 15) is 23.3 Å². The predicted molar refractivity (Wildman–Crippen MR) is 75.1 cm³/mol. The number of nitrogen functional groups attached to an aromatic ring is 1. The van der Waals surface area contributed by atoms with Gasteiger partial charge < -0.3 is 5.73 Å². The van der Waals surface area contributed by atoms with E-state index in [0.717, 1.165) is 12.1 Å². The highest BCUT2D eigenvalue weighted by Crippen LogP contribution is 2.38. The summed E-state index contributed by atoms with van der Waals surface area (Å²) < 4.78 is 26.1. The molecule has 8 nitrogen and oxygen atoms in total. The first-order valence-corrected chi connectivity index (χ1v) is 7.79. The molecule has 0 aliphatic heterocycles. The molecule has 0 bridgehead atoms. The lowest BCUT2D eigenvalue weighted by Gasteiger charge is -2.09. The number of nitro groups is 1. The molecule has 0 saturated heterocycles. The van der Waals surface area contributed by atoms with Crippen LogP contribution in [0.3, 0.4) is 0 Å². The minimum Gasteiger partial charge on any atom is -0.393 e. The quantitative estimate of drug-likeness (QED) is 0.484. The number of carbonyl (C=O) groups excluding carboxylic acids is 1. The molecule has 2 rings (SSSR count). The van der Waals surface area contributed by atoms with Gasteiger partial charge in [-0.2, -0.15) is 0 Å². The van der Waals surface area contributed by atoms with Gasteiger partial charge in [0.15, 0.2) is 0 Å². The Labute approximate surface area is 125 Å². The van der Waals surface area contributed by atoms with Crippen LogP contribution in [-0.4, -0.2) is 19.2 Å². The van der Waals surface area contributed by atoms with Crippen molar-refractivity contribution in [1.29, 1.82) is 0 Å². The summed E-state index contributed by atoms with van der Waals surface area (Å²) in [5.41, 5.74) is 4.55. The standard InChI is InChI=1S/C11H12ClN3O5S/c1-5-2-6(5)11(16)14-21(19,20)10-4-9(15(17)18)8(13)3-7(10)12/h3-6H,2,13H2,1H3,(H,14,16)/t5-,6-/m1/s1. The van der Waals surface area contributed by atoms with E-state index in [1.807, 2.05) is 11.6 Å². The number of hydrogen-bond donors (Lipinski definition) is 2. The fraction of sp³-hybridized carbons (Fsp3) is 0.364. The fourth-order valence-corrected chi connectivity index (χ4v) is 3.46. The molecular formula is C11H12ClN3O5S.